The second-order valence-corrected chi connectivity index (χ2v) is 2.20. The molecule has 0 saturated carbocycles. The third-order valence-electron chi connectivity index (χ3n) is 1.31. The average molecular weight is 134 g/mol. The molecular formula is C8H8NO-. The van der Waals surface area contributed by atoms with Crippen LogP contribution in [0.1, 0.15) is 11.1 Å². The summed E-state index contributed by atoms with van der Waals surface area (Å²) in [7, 11) is 0. The van der Waals surface area contributed by atoms with Gasteiger partial charge in [-0.25, -0.2) is 0 Å². The summed E-state index contributed by atoms with van der Waals surface area (Å²) >= 11 is 0. The molecule has 0 unspecified atom stereocenters. The summed E-state index contributed by atoms with van der Waals surface area (Å²) < 4.78 is 0. The third kappa shape index (κ3) is 1.35. The van der Waals surface area contributed by atoms with Gasteiger partial charge in [0.2, 0.25) is 0 Å². The van der Waals surface area contributed by atoms with E-state index in [-0.39, 0.29) is 0 Å². The summed E-state index contributed by atoms with van der Waals surface area (Å²) in [5, 5.41) is 17.2. The molecule has 1 aromatic carbocycles. The molecule has 2 heteroatoms. The van der Waals surface area contributed by atoms with Crippen LogP contribution in [0.15, 0.2) is 24.3 Å². The maximum atomic E-state index is 10.4. The van der Waals surface area contributed by atoms with Crippen LogP contribution in [-0.4, -0.2) is 5.90 Å². The Morgan fingerprint density at radius 1 is 1.30 bits per heavy atom. The van der Waals surface area contributed by atoms with E-state index in [9.17, 15) is 5.11 Å². The van der Waals surface area contributed by atoms with Crippen molar-refractivity contribution in [3.8, 4) is 0 Å². The molecule has 0 aliphatic rings. The van der Waals surface area contributed by atoms with Gasteiger partial charge in [0.05, 0.1) is 0 Å². The first-order valence-corrected chi connectivity index (χ1v) is 3.03. The van der Waals surface area contributed by atoms with Crippen LogP contribution < -0.4 is 5.11 Å². The van der Waals surface area contributed by atoms with E-state index in [0.717, 1.165) is 5.56 Å². The van der Waals surface area contributed by atoms with Crippen LogP contribution in [0.4, 0.5) is 0 Å². The topological polar surface area (TPSA) is 46.9 Å². The number of hydrogen-bond donors (Lipinski definition) is 1. The highest BCUT2D eigenvalue weighted by Crippen LogP contribution is 2.00. The fourth-order valence-electron chi connectivity index (χ4n) is 0.705. The maximum absolute atomic E-state index is 10.4. The summed E-state index contributed by atoms with van der Waals surface area (Å²) in [5.74, 6) is -0.625. The molecule has 0 amide bonds. The van der Waals surface area contributed by atoms with Crippen molar-refractivity contribution in [1.82, 2.24) is 0 Å². The Hall–Kier alpha value is -1.31. The van der Waals surface area contributed by atoms with Crippen molar-refractivity contribution in [3.05, 3.63) is 35.4 Å². The molecule has 52 valence electrons. The van der Waals surface area contributed by atoms with Gasteiger partial charge in [0.15, 0.2) is 0 Å². The van der Waals surface area contributed by atoms with Crippen LogP contribution >= 0.6 is 0 Å². The van der Waals surface area contributed by atoms with Gasteiger partial charge in [0.25, 0.3) is 0 Å². The van der Waals surface area contributed by atoms with E-state index >= 15 is 0 Å². The molecule has 0 saturated heterocycles. The molecule has 10 heavy (non-hydrogen) atoms. The largest absolute Gasteiger partial charge is 0.859 e. The molecular weight excluding hydrogens is 126 g/mol. The van der Waals surface area contributed by atoms with E-state index in [1.165, 1.54) is 0 Å². The lowest BCUT2D eigenvalue weighted by Crippen LogP contribution is -2.16. The van der Waals surface area contributed by atoms with Crippen molar-refractivity contribution in [2.75, 3.05) is 0 Å². The van der Waals surface area contributed by atoms with Crippen molar-refractivity contribution in [2.45, 2.75) is 6.92 Å². The quantitative estimate of drug-likeness (QED) is 0.445. The molecule has 1 aromatic rings. The van der Waals surface area contributed by atoms with E-state index in [0.29, 0.717) is 5.56 Å². The second-order valence-electron chi connectivity index (χ2n) is 2.20. The Morgan fingerprint density at radius 3 is 2.20 bits per heavy atom. The fraction of sp³-hybridized carbons (Fsp3) is 0.125. The van der Waals surface area contributed by atoms with Gasteiger partial charge in [-0.15, -0.1) is 0 Å². The van der Waals surface area contributed by atoms with Gasteiger partial charge >= 0.3 is 0 Å². The molecule has 2 nitrogen and oxygen atoms in total. The molecule has 0 heterocycles. The third-order valence-corrected chi connectivity index (χ3v) is 1.31. The van der Waals surface area contributed by atoms with E-state index < -0.39 is 5.90 Å². The standard InChI is InChI=1S/C8H9NO/c1-6-2-4-7(5-3-6)8(9)10/h2-5H,1H3,(H2,9,10)/p-1. The zero-order valence-electron chi connectivity index (χ0n) is 5.72. The lowest BCUT2D eigenvalue weighted by molar-refractivity contribution is -0.214. The molecule has 0 spiro atoms. The Morgan fingerprint density at radius 2 is 1.80 bits per heavy atom. The van der Waals surface area contributed by atoms with E-state index in [4.69, 9.17) is 5.41 Å². The number of benzene rings is 1. The molecule has 0 radical (unpaired) electrons. The van der Waals surface area contributed by atoms with Gasteiger partial charge in [-0.05, 0) is 18.4 Å². The summed E-state index contributed by atoms with van der Waals surface area (Å²) in [6.45, 7) is 1.94. The minimum absolute atomic E-state index is 0.450. The van der Waals surface area contributed by atoms with E-state index in [2.05, 4.69) is 0 Å². The summed E-state index contributed by atoms with van der Waals surface area (Å²) in [6, 6.07) is 6.96. The van der Waals surface area contributed by atoms with Crippen LogP contribution in [0.5, 0.6) is 0 Å². The van der Waals surface area contributed by atoms with Gasteiger partial charge in [-0.3, -0.25) is 0 Å². The zero-order chi connectivity index (χ0) is 7.56. The van der Waals surface area contributed by atoms with Crippen LogP contribution in [0.25, 0.3) is 0 Å². The molecule has 0 fully saturated rings. The Balaban J connectivity index is 3.00. The summed E-state index contributed by atoms with van der Waals surface area (Å²) in [5.41, 5.74) is 1.55. The minimum atomic E-state index is -0.625. The van der Waals surface area contributed by atoms with Crippen molar-refractivity contribution < 1.29 is 5.11 Å². The lowest BCUT2D eigenvalue weighted by atomic mass is 10.1. The van der Waals surface area contributed by atoms with Gasteiger partial charge in [-0.1, -0.05) is 29.8 Å². The van der Waals surface area contributed by atoms with Crippen LogP contribution in [0.3, 0.4) is 0 Å². The highest BCUT2D eigenvalue weighted by Gasteiger charge is 1.87. The maximum Gasteiger partial charge on any atom is -0.0149 e. The molecule has 0 bridgehead atoms. The number of nitrogens with one attached hydrogen (secondary N) is 1. The Labute approximate surface area is 59.6 Å². The van der Waals surface area contributed by atoms with Crippen molar-refractivity contribution >= 4 is 5.90 Å². The Kier molecular flexibility index (Phi) is 1.71. The minimum Gasteiger partial charge on any atom is -0.859 e. The Bertz CT molecular complexity index is 238. The predicted octanol–water partition coefficient (Wildman–Crippen LogP) is 0.681. The number of rotatable bonds is 1. The SMILES string of the molecule is Cc1ccc(C(=N)[O-])cc1. The monoisotopic (exact) mass is 134 g/mol. The van der Waals surface area contributed by atoms with Gasteiger partial charge in [0, 0.05) is 0 Å². The highest BCUT2D eigenvalue weighted by atomic mass is 16.3. The molecule has 0 aliphatic carbocycles. The molecule has 0 aromatic heterocycles. The first kappa shape index (κ1) is 6.81. The second kappa shape index (κ2) is 2.52. The van der Waals surface area contributed by atoms with Crippen molar-refractivity contribution in [3.63, 3.8) is 0 Å². The first-order valence-electron chi connectivity index (χ1n) is 3.03. The highest BCUT2D eigenvalue weighted by molar-refractivity contribution is 5.87. The molecule has 0 atom stereocenters. The smallest absolute Gasteiger partial charge is 0.0149 e. The number of aryl methyl sites for hydroxylation is 1. The van der Waals surface area contributed by atoms with Gasteiger partial charge in [-0.2, -0.15) is 0 Å². The fourth-order valence-corrected chi connectivity index (χ4v) is 0.705. The van der Waals surface area contributed by atoms with Crippen molar-refractivity contribution in [1.29, 1.82) is 5.41 Å². The summed E-state index contributed by atoms with van der Waals surface area (Å²) in [4.78, 5) is 0. The van der Waals surface area contributed by atoms with Crippen molar-refractivity contribution in [2.24, 2.45) is 0 Å². The zero-order valence-corrected chi connectivity index (χ0v) is 5.72. The molecule has 1 N–H and O–H groups in total. The lowest BCUT2D eigenvalue weighted by Gasteiger charge is -2.05. The first-order chi connectivity index (χ1) is 4.70. The van der Waals surface area contributed by atoms with Gasteiger partial charge < -0.3 is 10.5 Å². The summed E-state index contributed by atoms with van der Waals surface area (Å²) in [6.07, 6.45) is 0. The van der Waals surface area contributed by atoms with Crippen LogP contribution in [-0.2, 0) is 0 Å². The molecule has 1 rings (SSSR count). The predicted molar refractivity (Wildman–Crippen MR) is 38.0 cm³/mol. The number of hydrogen-bond acceptors (Lipinski definition) is 2. The van der Waals surface area contributed by atoms with Gasteiger partial charge in [0.1, 0.15) is 0 Å². The van der Waals surface area contributed by atoms with E-state index in [1.807, 2.05) is 19.1 Å². The average Bonchev–Trinajstić information content (AvgIpc) is 1.88. The van der Waals surface area contributed by atoms with Crippen LogP contribution in [0, 0.1) is 12.3 Å². The van der Waals surface area contributed by atoms with Crippen LogP contribution in [0.2, 0.25) is 0 Å². The molecule has 0 aliphatic heterocycles. The van der Waals surface area contributed by atoms with E-state index in [1.54, 1.807) is 12.1 Å². The normalized spacial score (nSPS) is 9.30.